The Morgan fingerprint density at radius 1 is 1.12 bits per heavy atom. The van der Waals surface area contributed by atoms with Crippen molar-refractivity contribution in [3.63, 3.8) is 0 Å². The average Bonchev–Trinajstić information content (AvgIpc) is 3.78. The van der Waals surface area contributed by atoms with E-state index >= 15 is 4.39 Å². The number of halogens is 1. The van der Waals surface area contributed by atoms with Gasteiger partial charge in [0.05, 0.1) is 11.9 Å². The van der Waals surface area contributed by atoms with Gasteiger partial charge in [-0.1, -0.05) is 51.8 Å². The zero-order valence-electron chi connectivity index (χ0n) is 28.8. The van der Waals surface area contributed by atoms with Gasteiger partial charge in [-0.15, -0.1) is 0 Å². The second-order valence-corrected chi connectivity index (χ2v) is 13.8. The van der Waals surface area contributed by atoms with Crippen LogP contribution in [-0.4, -0.2) is 59.0 Å². The number of benzene rings is 1. The van der Waals surface area contributed by atoms with Gasteiger partial charge < -0.3 is 25.2 Å². The second-order valence-electron chi connectivity index (χ2n) is 13.8. The van der Waals surface area contributed by atoms with Crippen LogP contribution < -0.4 is 20.4 Å². The van der Waals surface area contributed by atoms with Gasteiger partial charge in [-0.25, -0.2) is 14.2 Å². The first-order valence-corrected chi connectivity index (χ1v) is 17.8. The van der Waals surface area contributed by atoms with E-state index in [1.54, 1.807) is 24.2 Å². The molecule has 0 saturated heterocycles. The molecule has 1 aromatic carbocycles. The van der Waals surface area contributed by atoms with Crippen LogP contribution in [0.25, 0.3) is 6.08 Å². The van der Waals surface area contributed by atoms with Crippen molar-refractivity contribution in [2.24, 2.45) is 5.92 Å². The van der Waals surface area contributed by atoms with Crippen LogP contribution in [0.3, 0.4) is 0 Å². The van der Waals surface area contributed by atoms with Crippen LogP contribution in [0.15, 0.2) is 30.5 Å². The summed E-state index contributed by atoms with van der Waals surface area (Å²) in [5.74, 6) is 0.339. The molecule has 2 atom stereocenters. The largest absolute Gasteiger partial charge is 0.461 e. The third kappa shape index (κ3) is 8.71. The van der Waals surface area contributed by atoms with Crippen molar-refractivity contribution in [3.8, 4) is 0 Å². The van der Waals surface area contributed by atoms with E-state index in [4.69, 9.17) is 9.72 Å². The summed E-state index contributed by atoms with van der Waals surface area (Å²) in [6, 6.07) is 4.25. The van der Waals surface area contributed by atoms with Gasteiger partial charge in [0.25, 0.3) is 0 Å². The highest BCUT2D eigenvalue weighted by Crippen LogP contribution is 2.40. The maximum atomic E-state index is 15.2. The molecule has 1 aliphatic heterocycles. The molecule has 0 bridgehead atoms. The third-order valence-electron chi connectivity index (χ3n) is 9.65. The number of rotatable bonds is 14. The fraction of sp³-hybridized carbons (Fsp3) is 0.595. The van der Waals surface area contributed by atoms with Crippen LogP contribution in [0.4, 0.5) is 27.5 Å². The number of allylic oxidation sites excluding steroid dienone is 1. The molecule has 48 heavy (non-hydrogen) atoms. The van der Waals surface area contributed by atoms with Crippen LogP contribution >= 0.6 is 0 Å². The topological polar surface area (TPSA) is 117 Å². The van der Waals surface area contributed by atoms with E-state index in [0.717, 1.165) is 51.4 Å². The van der Waals surface area contributed by atoms with Gasteiger partial charge in [-0.2, -0.15) is 4.98 Å². The smallest absolute Gasteiger partial charge is 0.328 e. The summed E-state index contributed by atoms with van der Waals surface area (Å²) in [4.78, 5) is 51.5. The maximum Gasteiger partial charge on any atom is 0.328 e. The number of anilines is 4. The minimum atomic E-state index is -0.625. The van der Waals surface area contributed by atoms with Crippen molar-refractivity contribution in [2.75, 3.05) is 22.2 Å². The Labute approximate surface area is 283 Å². The van der Waals surface area contributed by atoms with Gasteiger partial charge in [0.1, 0.15) is 29.7 Å². The molecule has 2 aromatic rings. The third-order valence-corrected chi connectivity index (χ3v) is 9.65. The zero-order chi connectivity index (χ0) is 34.2. The fourth-order valence-electron chi connectivity index (χ4n) is 7.10. The van der Waals surface area contributed by atoms with E-state index < -0.39 is 11.9 Å². The Balaban J connectivity index is 1.14. The first kappa shape index (κ1) is 35.3. The minimum Gasteiger partial charge on any atom is -0.461 e. The van der Waals surface area contributed by atoms with Gasteiger partial charge >= 0.3 is 5.97 Å². The molecular formula is C37H51FN6O4. The first-order valence-electron chi connectivity index (χ1n) is 17.8. The van der Waals surface area contributed by atoms with Gasteiger partial charge in [-0.3, -0.25) is 9.59 Å². The number of likely N-dealkylation sites (N-methyl/N-ethyl adjacent to an activating group) is 1. The molecule has 2 aliphatic carbocycles. The number of amides is 2. The lowest BCUT2D eigenvalue weighted by atomic mass is 10.0. The van der Waals surface area contributed by atoms with Crippen molar-refractivity contribution in [1.29, 1.82) is 0 Å². The summed E-state index contributed by atoms with van der Waals surface area (Å²) in [6.07, 6.45) is 16.3. The predicted molar refractivity (Wildman–Crippen MR) is 187 cm³/mol. The summed E-state index contributed by atoms with van der Waals surface area (Å²) in [5.41, 5.74) is 1.61. The Kier molecular flexibility index (Phi) is 12.1. The summed E-state index contributed by atoms with van der Waals surface area (Å²) in [6.45, 7) is 6.07. The number of aromatic nitrogens is 2. The van der Waals surface area contributed by atoms with Crippen molar-refractivity contribution >= 4 is 47.0 Å². The second kappa shape index (κ2) is 16.4. The summed E-state index contributed by atoms with van der Waals surface area (Å²) in [7, 11) is 1.76. The quantitative estimate of drug-likeness (QED) is 0.163. The number of nitrogens with one attached hydrogen (secondary N) is 2. The Hall–Kier alpha value is -4.02. The molecule has 260 valence electrons. The highest BCUT2D eigenvalue weighted by atomic mass is 19.1. The molecule has 0 unspecified atom stereocenters. The number of unbranched alkanes of at least 4 members (excludes halogenated alkanes) is 1. The first-order chi connectivity index (χ1) is 23.1. The van der Waals surface area contributed by atoms with Crippen molar-refractivity contribution < 1.29 is 23.5 Å². The molecule has 2 saturated carbocycles. The molecule has 3 aliphatic rings. The van der Waals surface area contributed by atoms with E-state index in [1.807, 2.05) is 39.0 Å². The van der Waals surface area contributed by atoms with Gasteiger partial charge in [0.15, 0.2) is 5.82 Å². The normalized spacial score (nSPS) is 19.3. The highest BCUT2D eigenvalue weighted by molar-refractivity contribution is 6.04. The van der Waals surface area contributed by atoms with Crippen LogP contribution in [-0.2, 0) is 19.1 Å². The van der Waals surface area contributed by atoms with Crippen molar-refractivity contribution in [3.05, 3.63) is 41.9 Å². The van der Waals surface area contributed by atoms with Crippen LogP contribution in [0.2, 0.25) is 0 Å². The Bertz CT molecular complexity index is 1470. The molecule has 2 fully saturated rings. The molecule has 2 heterocycles. The number of carbonyl (C=O) groups is 3. The number of esters is 1. The Morgan fingerprint density at radius 3 is 2.54 bits per heavy atom. The monoisotopic (exact) mass is 662 g/mol. The standard InChI is InChI=1S/C37H51FN6O4/c1-5-31-35(46)43(4)32-23-39-37(42-34(32)44(31)26-14-9-10-15-26)41-29-20-19-25(22-28(29)38)13-7-6-8-18-33(45)40-30(21-24(2)3)36(47)48-27-16-11-12-17-27/h7,13,19-20,22-24,26-27,30-31H,5-6,8-12,14-18,21H2,1-4H3,(H,40,45)(H,39,41,42)/t30-,31+/m0/s1. The van der Waals surface area contributed by atoms with E-state index in [0.29, 0.717) is 42.8 Å². The maximum absolute atomic E-state index is 15.2. The molecule has 5 rings (SSSR count). The number of hydrogen-bond acceptors (Lipinski definition) is 8. The zero-order valence-corrected chi connectivity index (χ0v) is 28.8. The molecule has 0 spiro atoms. The van der Waals surface area contributed by atoms with Gasteiger partial charge in [0, 0.05) is 19.5 Å². The average molecular weight is 663 g/mol. The van der Waals surface area contributed by atoms with E-state index in [1.165, 1.54) is 6.07 Å². The van der Waals surface area contributed by atoms with E-state index in [-0.39, 0.29) is 59.9 Å². The predicted octanol–water partition coefficient (Wildman–Crippen LogP) is 7.06. The molecule has 1 aromatic heterocycles. The molecule has 0 radical (unpaired) electrons. The Morgan fingerprint density at radius 2 is 1.85 bits per heavy atom. The van der Waals surface area contributed by atoms with Gasteiger partial charge in [0.2, 0.25) is 17.8 Å². The van der Waals surface area contributed by atoms with Gasteiger partial charge in [-0.05, 0) is 87.8 Å². The van der Waals surface area contributed by atoms with Crippen LogP contribution in [0, 0.1) is 11.7 Å². The SMILES string of the molecule is CC[C@@H]1C(=O)N(C)c2cnc(Nc3ccc(C=CCCCC(=O)N[C@@H](CC(C)C)C(=O)OC4CCCC4)cc3F)nc2N1C1CCCC1. The van der Waals surface area contributed by atoms with Crippen LogP contribution in [0.1, 0.15) is 110 Å². The lowest BCUT2D eigenvalue weighted by Crippen LogP contribution is -2.55. The van der Waals surface area contributed by atoms with Crippen LogP contribution in [0.5, 0.6) is 0 Å². The number of fused-ring (bicyclic) bond motifs is 1. The summed E-state index contributed by atoms with van der Waals surface area (Å²) >= 11 is 0. The summed E-state index contributed by atoms with van der Waals surface area (Å²) < 4.78 is 20.9. The number of hydrogen-bond donors (Lipinski definition) is 2. The number of ether oxygens (including phenoxy) is 1. The molecule has 2 amide bonds. The fourth-order valence-corrected chi connectivity index (χ4v) is 7.10. The van der Waals surface area contributed by atoms with E-state index in [2.05, 4.69) is 20.5 Å². The lowest BCUT2D eigenvalue weighted by molar-refractivity contribution is -0.153. The summed E-state index contributed by atoms with van der Waals surface area (Å²) in [5, 5.41) is 5.92. The number of nitrogens with zero attached hydrogens (tertiary/aromatic N) is 4. The van der Waals surface area contributed by atoms with E-state index in [9.17, 15) is 14.4 Å². The van der Waals surface area contributed by atoms with Crippen molar-refractivity contribution in [1.82, 2.24) is 15.3 Å². The molecular weight excluding hydrogens is 611 g/mol. The highest BCUT2D eigenvalue weighted by Gasteiger charge is 2.41. The molecule has 10 nitrogen and oxygen atoms in total. The minimum absolute atomic E-state index is 0.0305. The number of carbonyl (C=O) groups excluding carboxylic acids is 3. The molecule has 11 heteroatoms. The van der Waals surface area contributed by atoms with Crippen molar-refractivity contribution in [2.45, 2.75) is 128 Å². The molecule has 2 N–H and O–H groups in total. The lowest BCUT2D eigenvalue weighted by Gasteiger charge is -2.43.